The first kappa shape index (κ1) is 14.9. The van der Waals surface area contributed by atoms with Crippen LogP contribution in [-0.4, -0.2) is 11.0 Å². The van der Waals surface area contributed by atoms with Gasteiger partial charge < -0.3 is 10.5 Å². The van der Waals surface area contributed by atoms with Gasteiger partial charge in [-0.2, -0.15) is 0 Å². The van der Waals surface area contributed by atoms with Crippen LogP contribution >= 0.6 is 15.9 Å². The molecule has 3 nitrogen and oxygen atoms in total. The summed E-state index contributed by atoms with van der Waals surface area (Å²) in [5.41, 5.74) is 7.60. The lowest BCUT2D eigenvalue weighted by Gasteiger charge is -2.11. The largest absolute Gasteiger partial charge is 0.489 e. The summed E-state index contributed by atoms with van der Waals surface area (Å²) >= 11 is 3.49. The summed E-state index contributed by atoms with van der Waals surface area (Å²) in [6.07, 6.45) is 3.52. The predicted molar refractivity (Wildman–Crippen MR) is 80.0 cm³/mol. The third kappa shape index (κ3) is 4.28. The number of benzene rings is 1. The van der Waals surface area contributed by atoms with Crippen LogP contribution in [-0.2, 0) is 13.0 Å². The highest BCUT2D eigenvalue weighted by Crippen LogP contribution is 2.24. The third-order valence-corrected chi connectivity index (χ3v) is 3.50. The lowest BCUT2D eigenvalue weighted by atomic mass is 10.1. The molecule has 1 heterocycles. The van der Waals surface area contributed by atoms with Gasteiger partial charge in [0.2, 0.25) is 0 Å². The fraction of sp³-hybridized carbons (Fsp3) is 0.267. The summed E-state index contributed by atoms with van der Waals surface area (Å²) < 4.78 is 19.7. The zero-order valence-electron chi connectivity index (χ0n) is 11.1. The molecule has 2 rings (SSSR count). The highest BCUT2D eigenvalue weighted by molar-refractivity contribution is 9.10. The standard InChI is InChI=1S/C15H16BrFN2O/c1-10(18)4-12-6-14(2-3-15(12)16)20-9-11-5-13(17)8-19-7-11/h2-3,5-8,10H,4,9,18H2,1H3. The van der Waals surface area contributed by atoms with Gasteiger partial charge in [-0.3, -0.25) is 4.98 Å². The molecular formula is C15H16BrFN2O. The van der Waals surface area contributed by atoms with Crippen molar-refractivity contribution in [3.05, 3.63) is 58.1 Å². The molecule has 5 heteroatoms. The van der Waals surface area contributed by atoms with Gasteiger partial charge in [-0.1, -0.05) is 15.9 Å². The molecule has 2 N–H and O–H groups in total. The highest BCUT2D eigenvalue weighted by Gasteiger charge is 2.06. The minimum atomic E-state index is -0.362. The lowest BCUT2D eigenvalue weighted by Crippen LogP contribution is -2.18. The molecule has 1 unspecified atom stereocenters. The van der Waals surface area contributed by atoms with E-state index in [0.717, 1.165) is 22.2 Å². The zero-order chi connectivity index (χ0) is 14.5. The summed E-state index contributed by atoms with van der Waals surface area (Å²) in [7, 11) is 0. The molecule has 0 saturated carbocycles. The Morgan fingerprint density at radius 2 is 2.15 bits per heavy atom. The Balaban J connectivity index is 2.06. The molecule has 1 atom stereocenters. The molecule has 0 amide bonds. The molecular weight excluding hydrogens is 323 g/mol. The van der Waals surface area contributed by atoms with E-state index in [1.165, 1.54) is 12.3 Å². The van der Waals surface area contributed by atoms with Crippen LogP contribution < -0.4 is 10.5 Å². The van der Waals surface area contributed by atoms with Crippen LogP contribution in [0.25, 0.3) is 0 Å². The van der Waals surface area contributed by atoms with Crippen LogP contribution in [0, 0.1) is 5.82 Å². The highest BCUT2D eigenvalue weighted by atomic mass is 79.9. The van der Waals surface area contributed by atoms with E-state index in [4.69, 9.17) is 10.5 Å². The molecule has 0 aliphatic carbocycles. The molecule has 20 heavy (non-hydrogen) atoms. The van der Waals surface area contributed by atoms with E-state index in [1.807, 2.05) is 25.1 Å². The Bertz CT molecular complexity index is 590. The molecule has 2 aromatic rings. The fourth-order valence-electron chi connectivity index (χ4n) is 1.85. The van der Waals surface area contributed by atoms with E-state index in [-0.39, 0.29) is 18.5 Å². The number of halogens is 2. The molecule has 0 spiro atoms. The normalized spacial score (nSPS) is 12.2. The third-order valence-electron chi connectivity index (χ3n) is 2.73. The summed E-state index contributed by atoms with van der Waals surface area (Å²) in [5.74, 6) is 0.368. The van der Waals surface area contributed by atoms with Crippen molar-refractivity contribution in [2.75, 3.05) is 0 Å². The number of nitrogens with zero attached hydrogens (tertiary/aromatic N) is 1. The summed E-state index contributed by atoms with van der Waals surface area (Å²) in [5, 5.41) is 0. The Labute approximate surface area is 126 Å². The SMILES string of the molecule is CC(N)Cc1cc(OCc2cncc(F)c2)ccc1Br. The molecule has 0 radical (unpaired) electrons. The molecule has 1 aromatic heterocycles. The van der Waals surface area contributed by atoms with Crippen LogP contribution in [0.2, 0.25) is 0 Å². The van der Waals surface area contributed by atoms with Crippen molar-refractivity contribution >= 4 is 15.9 Å². The second-order valence-electron chi connectivity index (χ2n) is 4.73. The predicted octanol–water partition coefficient (Wildman–Crippen LogP) is 3.45. The zero-order valence-corrected chi connectivity index (χ0v) is 12.7. The van der Waals surface area contributed by atoms with Crippen LogP contribution in [0.15, 0.2) is 41.1 Å². The van der Waals surface area contributed by atoms with Crippen LogP contribution in [0.1, 0.15) is 18.1 Å². The topological polar surface area (TPSA) is 48.1 Å². The van der Waals surface area contributed by atoms with E-state index in [1.54, 1.807) is 6.20 Å². The fourth-order valence-corrected chi connectivity index (χ4v) is 2.25. The summed E-state index contributed by atoms with van der Waals surface area (Å²) in [4.78, 5) is 3.79. The van der Waals surface area contributed by atoms with Gasteiger partial charge in [0, 0.05) is 22.3 Å². The van der Waals surface area contributed by atoms with Gasteiger partial charge in [0.05, 0.1) is 6.20 Å². The van der Waals surface area contributed by atoms with Crippen molar-refractivity contribution in [3.8, 4) is 5.75 Å². The summed E-state index contributed by atoms with van der Waals surface area (Å²) in [6, 6.07) is 7.22. The molecule has 0 bridgehead atoms. The number of hydrogen-bond donors (Lipinski definition) is 1. The van der Waals surface area contributed by atoms with E-state index >= 15 is 0 Å². The minimum Gasteiger partial charge on any atom is -0.489 e. The first-order chi connectivity index (χ1) is 9.54. The maximum absolute atomic E-state index is 13.0. The van der Waals surface area contributed by atoms with Gasteiger partial charge in [-0.05, 0) is 43.2 Å². The smallest absolute Gasteiger partial charge is 0.141 e. The first-order valence-electron chi connectivity index (χ1n) is 6.31. The number of hydrogen-bond acceptors (Lipinski definition) is 3. The van der Waals surface area contributed by atoms with E-state index < -0.39 is 0 Å². The Morgan fingerprint density at radius 1 is 1.35 bits per heavy atom. The Morgan fingerprint density at radius 3 is 2.85 bits per heavy atom. The molecule has 0 fully saturated rings. The van der Waals surface area contributed by atoms with Crippen molar-refractivity contribution in [2.45, 2.75) is 26.0 Å². The van der Waals surface area contributed by atoms with Crippen LogP contribution in [0.3, 0.4) is 0 Å². The monoisotopic (exact) mass is 338 g/mol. The molecule has 106 valence electrons. The van der Waals surface area contributed by atoms with Gasteiger partial charge in [0.25, 0.3) is 0 Å². The lowest BCUT2D eigenvalue weighted by molar-refractivity contribution is 0.304. The van der Waals surface area contributed by atoms with Crippen molar-refractivity contribution in [1.82, 2.24) is 4.98 Å². The van der Waals surface area contributed by atoms with Crippen molar-refractivity contribution < 1.29 is 9.13 Å². The number of aromatic nitrogens is 1. The van der Waals surface area contributed by atoms with Gasteiger partial charge in [-0.25, -0.2) is 4.39 Å². The van der Waals surface area contributed by atoms with Crippen molar-refractivity contribution in [1.29, 1.82) is 0 Å². The van der Waals surface area contributed by atoms with Crippen molar-refractivity contribution in [2.24, 2.45) is 5.73 Å². The molecule has 1 aromatic carbocycles. The van der Waals surface area contributed by atoms with Crippen LogP contribution in [0.5, 0.6) is 5.75 Å². The Hall–Kier alpha value is -1.46. The number of rotatable bonds is 5. The van der Waals surface area contributed by atoms with Crippen LogP contribution in [0.4, 0.5) is 4.39 Å². The van der Waals surface area contributed by atoms with E-state index in [2.05, 4.69) is 20.9 Å². The second kappa shape index (κ2) is 6.81. The first-order valence-corrected chi connectivity index (χ1v) is 7.10. The number of ether oxygens (including phenoxy) is 1. The molecule has 0 saturated heterocycles. The average Bonchev–Trinajstić information content (AvgIpc) is 2.39. The van der Waals surface area contributed by atoms with Gasteiger partial charge in [-0.15, -0.1) is 0 Å². The maximum Gasteiger partial charge on any atom is 0.141 e. The number of nitrogens with two attached hydrogens (primary N) is 1. The van der Waals surface area contributed by atoms with E-state index in [9.17, 15) is 4.39 Å². The average molecular weight is 339 g/mol. The van der Waals surface area contributed by atoms with Gasteiger partial charge >= 0.3 is 0 Å². The van der Waals surface area contributed by atoms with E-state index in [0.29, 0.717) is 5.56 Å². The van der Waals surface area contributed by atoms with Gasteiger partial charge in [0.1, 0.15) is 18.2 Å². The quantitative estimate of drug-likeness (QED) is 0.908. The molecule has 0 aliphatic rings. The minimum absolute atomic E-state index is 0.0777. The number of pyridine rings is 1. The van der Waals surface area contributed by atoms with Gasteiger partial charge in [0.15, 0.2) is 0 Å². The second-order valence-corrected chi connectivity index (χ2v) is 5.59. The Kier molecular flexibility index (Phi) is 5.09. The molecule has 0 aliphatic heterocycles. The summed E-state index contributed by atoms with van der Waals surface area (Å²) in [6.45, 7) is 2.24. The van der Waals surface area contributed by atoms with Crippen molar-refractivity contribution in [3.63, 3.8) is 0 Å². The maximum atomic E-state index is 13.0.